The number of nitrogens with zero attached hydrogens (tertiary/aromatic N) is 1. The molecule has 0 aliphatic heterocycles. The molecular formula is C7H13NO3. The molecule has 11 heavy (non-hydrogen) atoms. The molecule has 0 aromatic rings. The van der Waals surface area contributed by atoms with Crippen molar-refractivity contribution in [2.24, 2.45) is 0 Å². The topological polar surface area (TPSA) is 60.8 Å². The molecule has 0 saturated carbocycles. The Morgan fingerprint density at radius 2 is 2.18 bits per heavy atom. The van der Waals surface area contributed by atoms with Crippen molar-refractivity contribution in [1.82, 2.24) is 4.90 Å². The van der Waals surface area contributed by atoms with E-state index in [1.165, 1.54) is 11.8 Å². The Morgan fingerprint density at radius 3 is 2.55 bits per heavy atom. The van der Waals surface area contributed by atoms with Crippen LogP contribution in [0.25, 0.3) is 0 Å². The Hall–Kier alpha value is -1.03. The van der Waals surface area contributed by atoms with E-state index < -0.39 is 0 Å². The maximum Gasteiger partial charge on any atom is 0.249 e. The quantitative estimate of drug-likeness (QED) is 0.446. The molecule has 0 saturated heterocycles. The predicted octanol–water partition coefficient (Wildman–Crippen LogP) is -0.101. The minimum Gasteiger partial charge on any atom is -0.512 e. The first-order valence-electron chi connectivity index (χ1n) is 3.31. The van der Waals surface area contributed by atoms with Gasteiger partial charge in [0.05, 0.1) is 12.4 Å². The summed E-state index contributed by atoms with van der Waals surface area (Å²) in [5.74, 6) is -0.334. The highest BCUT2D eigenvalue weighted by molar-refractivity contribution is 5.87. The highest BCUT2D eigenvalue weighted by atomic mass is 16.3. The lowest BCUT2D eigenvalue weighted by atomic mass is 10.4. The Labute approximate surface area is 65.7 Å². The van der Waals surface area contributed by atoms with E-state index in [2.05, 4.69) is 0 Å². The zero-order valence-electron chi connectivity index (χ0n) is 6.74. The number of carbonyl (C=O) groups excluding carboxylic acids is 1. The number of likely N-dealkylation sites (N-methyl/N-ethyl adjacent to an activating group) is 1. The van der Waals surface area contributed by atoms with E-state index in [1.54, 1.807) is 7.05 Å². The number of hydrogen-bond donors (Lipinski definition) is 2. The lowest BCUT2D eigenvalue weighted by Gasteiger charge is -2.12. The van der Waals surface area contributed by atoms with Gasteiger partial charge in [-0.3, -0.25) is 4.79 Å². The summed E-state index contributed by atoms with van der Waals surface area (Å²) in [4.78, 5) is 12.2. The third-order valence-corrected chi connectivity index (χ3v) is 1.14. The van der Waals surface area contributed by atoms with Crippen molar-refractivity contribution >= 4 is 5.91 Å². The molecular weight excluding hydrogens is 146 g/mol. The summed E-state index contributed by atoms with van der Waals surface area (Å²) in [7, 11) is 1.55. The van der Waals surface area contributed by atoms with E-state index in [0.29, 0.717) is 0 Å². The van der Waals surface area contributed by atoms with Crippen LogP contribution in [0, 0.1) is 0 Å². The van der Waals surface area contributed by atoms with E-state index in [1.807, 2.05) is 0 Å². The summed E-state index contributed by atoms with van der Waals surface area (Å²) in [6, 6.07) is 0. The zero-order valence-corrected chi connectivity index (χ0v) is 6.74. The van der Waals surface area contributed by atoms with E-state index >= 15 is 0 Å². The van der Waals surface area contributed by atoms with Gasteiger partial charge in [0.1, 0.15) is 0 Å². The van der Waals surface area contributed by atoms with Crippen LogP contribution in [-0.4, -0.2) is 41.2 Å². The lowest BCUT2D eigenvalue weighted by molar-refractivity contribution is -0.125. The third-order valence-electron chi connectivity index (χ3n) is 1.14. The monoisotopic (exact) mass is 159 g/mol. The van der Waals surface area contributed by atoms with Gasteiger partial charge in [0.25, 0.3) is 0 Å². The van der Waals surface area contributed by atoms with Gasteiger partial charge in [-0.05, 0) is 6.92 Å². The smallest absolute Gasteiger partial charge is 0.249 e. The van der Waals surface area contributed by atoms with Crippen molar-refractivity contribution in [1.29, 1.82) is 0 Å². The first-order chi connectivity index (χ1) is 5.07. The minimum absolute atomic E-state index is 0.0280. The molecule has 0 radical (unpaired) electrons. The number of rotatable bonds is 3. The fourth-order valence-corrected chi connectivity index (χ4v) is 0.549. The van der Waals surface area contributed by atoms with E-state index in [4.69, 9.17) is 10.2 Å². The van der Waals surface area contributed by atoms with E-state index in [-0.39, 0.29) is 24.8 Å². The van der Waals surface area contributed by atoms with Gasteiger partial charge in [-0.2, -0.15) is 0 Å². The highest BCUT2D eigenvalue weighted by Gasteiger charge is 2.03. The van der Waals surface area contributed by atoms with Crippen molar-refractivity contribution < 1.29 is 15.0 Å². The number of amides is 1. The Balaban J connectivity index is 3.93. The van der Waals surface area contributed by atoms with E-state index in [0.717, 1.165) is 6.08 Å². The van der Waals surface area contributed by atoms with Gasteiger partial charge in [0, 0.05) is 19.7 Å². The number of aliphatic hydroxyl groups excluding tert-OH is 2. The maximum atomic E-state index is 10.9. The third kappa shape index (κ3) is 4.38. The Morgan fingerprint density at radius 1 is 1.64 bits per heavy atom. The van der Waals surface area contributed by atoms with Crippen LogP contribution in [0.15, 0.2) is 11.8 Å². The second-order valence-electron chi connectivity index (χ2n) is 2.27. The van der Waals surface area contributed by atoms with Crippen LogP contribution in [-0.2, 0) is 4.79 Å². The summed E-state index contributed by atoms with van der Waals surface area (Å²) in [6.07, 6.45) is 1.11. The van der Waals surface area contributed by atoms with Gasteiger partial charge >= 0.3 is 0 Å². The molecule has 0 heterocycles. The number of carbonyl (C=O) groups is 1. The molecule has 0 aromatic carbocycles. The van der Waals surface area contributed by atoms with Crippen molar-refractivity contribution in [3.63, 3.8) is 0 Å². The molecule has 0 aliphatic carbocycles. The number of hydrogen-bond acceptors (Lipinski definition) is 3. The predicted molar refractivity (Wildman–Crippen MR) is 41.1 cm³/mol. The first-order valence-corrected chi connectivity index (χ1v) is 3.31. The molecule has 0 bridgehead atoms. The van der Waals surface area contributed by atoms with Gasteiger partial charge in [-0.1, -0.05) is 0 Å². The van der Waals surface area contributed by atoms with Crippen LogP contribution >= 0.6 is 0 Å². The lowest BCUT2D eigenvalue weighted by Crippen LogP contribution is -2.27. The van der Waals surface area contributed by atoms with Gasteiger partial charge in [0.15, 0.2) is 0 Å². The van der Waals surface area contributed by atoms with E-state index in [9.17, 15) is 4.79 Å². The van der Waals surface area contributed by atoms with Crippen LogP contribution in [0.5, 0.6) is 0 Å². The van der Waals surface area contributed by atoms with Crippen molar-refractivity contribution in [3.05, 3.63) is 11.8 Å². The fourth-order valence-electron chi connectivity index (χ4n) is 0.549. The normalized spacial score (nSPS) is 11.4. The summed E-state index contributed by atoms with van der Waals surface area (Å²) in [5.41, 5.74) is 0. The molecule has 0 aliphatic rings. The Bertz CT molecular complexity index is 161. The highest BCUT2D eigenvalue weighted by Crippen LogP contribution is 1.90. The molecule has 0 aromatic heterocycles. The molecule has 64 valence electrons. The molecule has 4 heteroatoms. The maximum absolute atomic E-state index is 10.9. The molecule has 0 spiro atoms. The summed E-state index contributed by atoms with van der Waals surface area (Å²) < 4.78 is 0. The van der Waals surface area contributed by atoms with Crippen molar-refractivity contribution in [3.8, 4) is 0 Å². The zero-order chi connectivity index (χ0) is 8.85. The van der Waals surface area contributed by atoms with Crippen LogP contribution < -0.4 is 0 Å². The molecule has 0 rings (SSSR count). The second kappa shape index (κ2) is 4.73. The van der Waals surface area contributed by atoms with Gasteiger partial charge < -0.3 is 15.1 Å². The molecule has 2 N–H and O–H groups in total. The molecule has 1 amide bonds. The van der Waals surface area contributed by atoms with Gasteiger partial charge in [-0.25, -0.2) is 0 Å². The average molecular weight is 159 g/mol. The molecule has 0 atom stereocenters. The van der Waals surface area contributed by atoms with Crippen LogP contribution in [0.1, 0.15) is 6.92 Å². The first kappa shape index (κ1) is 9.97. The van der Waals surface area contributed by atoms with Gasteiger partial charge in [0.2, 0.25) is 5.91 Å². The van der Waals surface area contributed by atoms with Crippen LogP contribution in [0.4, 0.5) is 0 Å². The average Bonchev–Trinajstić information content (AvgIpc) is 1.86. The fraction of sp³-hybridized carbons (Fsp3) is 0.571. The summed E-state index contributed by atoms with van der Waals surface area (Å²) in [6.45, 7) is 1.63. The SMILES string of the molecule is CC(O)=CC(=O)N(C)CCO. The van der Waals surface area contributed by atoms with Crippen molar-refractivity contribution in [2.75, 3.05) is 20.2 Å². The number of allylic oxidation sites excluding steroid dienone is 1. The summed E-state index contributed by atoms with van der Waals surface area (Å²) in [5, 5.41) is 17.1. The van der Waals surface area contributed by atoms with Crippen LogP contribution in [0.2, 0.25) is 0 Å². The van der Waals surface area contributed by atoms with Gasteiger partial charge in [-0.15, -0.1) is 0 Å². The molecule has 4 nitrogen and oxygen atoms in total. The number of aliphatic hydroxyl groups is 2. The Kier molecular flexibility index (Phi) is 4.29. The molecule has 0 fully saturated rings. The largest absolute Gasteiger partial charge is 0.512 e. The standard InChI is InChI=1S/C7H13NO3/c1-6(10)5-7(11)8(2)3-4-9/h5,9-10H,3-4H2,1-2H3. The molecule has 0 unspecified atom stereocenters. The second-order valence-corrected chi connectivity index (χ2v) is 2.27. The van der Waals surface area contributed by atoms with Crippen molar-refractivity contribution in [2.45, 2.75) is 6.92 Å². The van der Waals surface area contributed by atoms with Crippen LogP contribution in [0.3, 0.4) is 0 Å². The minimum atomic E-state index is -0.306. The summed E-state index contributed by atoms with van der Waals surface area (Å²) >= 11 is 0.